The molecule has 2 heterocycles. The van der Waals surface area contributed by atoms with Crippen LogP contribution in [-0.2, 0) is 0 Å². The second-order valence-corrected chi connectivity index (χ2v) is 6.95. The van der Waals surface area contributed by atoms with Crippen LogP contribution in [0.15, 0.2) is 66.9 Å². The summed E-state index contributed by atoms with van der Waals surface area (Å²) in [6.07, 6.45) is 1.61. The molecule has 2 aromatic heterocycles. The van der Waals surface area contributed by atoms with Crippen molar-refractivity contribution in [3.63, 3.8) is 0 Å². The second-order valence-electron chi connectivity index (χ2n) is 5.95. The zero-order valence-electron chi connectivity index (χ0n) is 14.5. The minimum Gasteiger partial charge on any atom is -0.298 e. The van der Waals surface area contributed by atoms with E-state index >= 15 is 0 Å². The normalized spacial score (nSPS) is 10.7. The van der Waals surface area contributed by atoms with Gasteiger partial charge in [0.25, 0.3) is 5.91 Å². The molecule has 0 saturated heterocycles. The Hall–Kier alpha value is -3.38. The highest BCUT2D eigenvalue weighted by Gasteiger charge is 2.19. The smallest absolute Gasteiger partial charge is 0.258 e. The molecule has 5 nitrogen and oxygen atoms in total. The van der Waals surface area contributed by atoms with Gasteiger partial charge in [0.15, 0.2) is 10.9 Å². The summed E-state index contributed by atoms with van der Waals surface area (Å²) < 4.78 is 0. The Bertz CT molecular complexity index is 1150. The highest BCUT2D eigenvalue weighted by molar-refractivity contribution is 7.18. The molecule has 0 radical (unpaired) electrons. The summed E-state index contributed by atoms with van der Waals surface area (Å²) >= 11 is 1.18. The van der Waals surface area contributed by atoms with Crippen LogP contribution in [-0.4, -0.2) is 21.7 Å². The van der Waals surface area contributed by atoms with Crippen molar-refractivity contribution < 1.29 is 9.59 Å². The van der Waals surface area contributed by atoms with Gasteiger partial charge < -0.3 is 0 Å². The Balaban J connectivity index is 1.70. The lowest BCUT2D eigenvalue weighted by atomic mass is 10.1. The molecule has 0 fully saturated rings. The number of nitrogens with one attached hydrogen (secondary N) is 1. The van der Waals surface area contributed by atoms with Crippen molar-refractivity contribution in [2.45, 2.75) is 6.92 Å². The van der Waals surface area contributed by atoms with Gasteiger partial charge in [-0.3, -0.25) is 19.9 Å². The van der Waals surface area contributed by atoms with Crippen LogP contribution in [0.3, 0.4) is 0 Å². The van der Waals surface area contributed by atoms with Gasteiger partial charge in [0.2, 0.25) is 0 Å². The first-order chi connectivity index (χ1) is 13.1. The fraction of sp³-hybridized carbons (Fsp3) is 0.0476. The third kappa shape index (κ3) is 3.35. The van der Waals surface area contributed by atoms with Crippen molar-refractivity contribution in [2.75, 3.05) is 5.32 Å². The molecule has 0 aliphatic carbocycles. The van der Waals surface area contributed by atoms with Crippen molar-refractivity contribution >= 4 is 39.1 Å². The van der Waals surface area contributed by atoms with Gasteiger partial charge in [-0.25, -0.2) is 4.98 Å². The topological polar surface area (TPSA) is 72.0 Å². The number of hydrogen-bond acceptors (Lipinski definition) is 5. The molecule has 4 aromatic rings. The Morgan fingerprint density at radius 2 is 1.70 bits per heavy atom. The van der Waals surface area contributed by atoms with Crippen LogP contribution in [0.25, 0.3) is 22.2 Å². The maximum atomic E-state index is 12.8. The number of ketones is 1. The van der Waals surface area contributed by atoms with Gasteiger partial charge in [0.05, 0.1) is 21.7 Å². The Morgan fingerprint density at radius 1 is 0.963 bits per heavy atom. The molecular formula is C21H15N3O2S. The van der Waals surface area contributed by atoms with Crippen LogP contribution < -0.4 is 5.32 Å². The number of anilines is 1. The molecule has 0 spiro atoms. The Kier molecular flexibility index (Phi) is 4.48. The molecule has 0 aliphatic heterocycles. The molecule has 0 unspecified atom stereocenters. The summed E-state index contributed by atoms with van der Waals surface area (Å²) in [5.41, 5.74) is 2.69. The second kappa shape index (κ2) is 7.09. The lowest BCUT2D eigenvalue weighted by Gasteiger charge is -2.05. The summed E-state index contributed by atoms with van der Waals surface area (Å²) in [6.45, 7) is 1.50. The Morgan fingerprint density at radius 3 is 2.48 bits per heavy atom. The number of benzene rings is 2. The van der Waals surface area contributed by atoms with Crippen molar-refractivity contribution in [3.05, 3.63) is 77.3 Å². The quantitative estimate of drug-likeness (QED) is 0.521. The van der Waals surface area contributed by atoms with E-state index in [-0.39, 0.29) is 11.7 Å². The van der Waals surface area contributed by atoms with E-state index in [1.54, 1.807) is 12.3 Å². The number of Topliss-reactive ketones (excluding diaryl/α,β-unsaturated/α-hetero) is 1. The van der Waals surface area contributed by atoms with E-state index in [0.29, 0.717) is 21.3 Å². The number of rotatable bonds is 4. The average Bonchev–Trinajstić information content (AvgIpc) is 3.12. The predicted molar refractivity (Wildman–Crippen MR) is 107 cm³/mol. The molecule has 0 bridgehead atoms. The van der Waals surface area contributed by atoms with Gasteiger partial charge in [-0.1, -0.05) is 59.9 Å². The largest absolute Gasteiger partial charge is 0.298 e. The first-order valence-corrected chi connectivity index (χ1v) is 9.17. The van der Waals surface area contributed by atoms with E-state index in [1.807, 2.05) is 54.6 Å². The van der Waals surface area contributed by atoms with Crippen molar-refractivity contribution in [1.82, 2.24) is 9.97 Å². The van der Waals surface area contributed by atoms with Gasteiger partial charge in [-0.2, -0.15) is 0 Å². The van der Waals surface area contributed by atoms with E-state index in [2.05, 4.69) is 15.3 Å². The number of aromatic nitrogens is 2. The number of fused-ring (bicyclic) bond motifs is 1. The highest BCUT2D eigenvalue weighted by atomic mass is 32.1. The monoisotopic (exact) mass is 373 g/mol. The average molecular weight is 373 g/mol. The zero-order chi connectivity index (χ0) is 18.8. The summed E-state index contributed by atoms with van der Waals surface area (Å²) in [7, 11) is 0. The van der Waals surface area contributed by atoms with Gasteiger partial charge in [-0.05, 0) is 12.1 Å². The molecule has 1 amide bonds. The van der Waals surface area contributed by atoms with Gasteiger partial charge in [-0.15, -0.1) is 0 Å². The lowest BCUT2D eigenvalue weighted by molar-refractivity contribution is 0.101. The predicted octanol–water partition coefficient (Wildman–Crippen LogP) is 4.81. The fourth-order valence-corrected chi connectivity index (χ4v) is 3.74. The third-order valence-corrected chi connectivity index (χ3v) is 5.18. The number of hydrogen-bond donors (Lipinski definition) is 1. The van der Waals surface area contributed by atoms with Crippen LogP contribution >= 0.6 is 11.3 Å². The number of thiazole rings is 1. The van der Waals surface area contributed by atoms with E-state index in [9.17, 15) is 9.59 Å². The first kappa shape index (κ1) is 17.1. The molecule has 2 aromatic carbocycles. The highest BCUT2D eigenvalue weighted by Crippen LogP contribution is 2.32. The van der Waals surface area contributed by atoms with Crippen LogP contribution in [0, 0.1) is 0 Å². The van der Waals surface area contributed by atoms with E-state index in [0.717, 1.165) is 16.5 Å². The molecule has 132 valence electrons. The molecule has 0 atom stereocenters. The molecule has 4 rings (SSSR count). The molecule has 0 saturated carbocycles. The number of nitrogens with zero attached hydrogens (tertiary/aromatic N) is 2. The third-order valence-electron chi connectivity index (χ3n) is 4.11. The molecule has 27 heavy (non-hydrogen) atoms. The summed E-state index contributed by atoms with van der Waals surface area (Å²) in [4.78, 5) is 34.1. The van der Waals surface area contributed by atoms with E-state index < -0.39 is 0 Å². The lowest BCUT2D eigenvalue weighted by Crippen LogP contribution is -2.12. The van der Waals surface area contributed by atoms with Gasteiger partial charge in [0.1, 0.15) is 0 Å². The van der Waals surface area contributed by atoms with Crippen LogP contribution in [0.5, 0.6) is 0 Å². The number of para-hydroxylation sites is 1. The first-order valence-electron chi connectivity index (χ1n) is 8.36. The maximum absolute atomic E-state index is 12.8. The Labute approximate surface area is 159 Å². The number of carbonyl (C=O) groups excluding carboxylic acids is 2. The molecule has 6 heteroatoms. The van der Waals surface area contributed by atoms with Crippen molar-refractivity contribution in [2.24, 2.45) is 0 Å². The van der Waals surface area contributed by atoms with Gasteiger partial charge in [0, 0.05) is 24.1 Å². The fourth-order valence-electron chi connectivity index (χ4n) is 2.86. The minimum atomic E-state index is -0.280. The summed E-state index contributed by atoms with van der Waals surface area (Å²) in [5, 5.41) is 3.99. The zero-order valence-corrected chi connectivity index (χ0v) is 15.3. The summed E-state index contributed by atoms with van der Waals surface area (Å²) in [5.74, 6) is -0.363. The minimum absolute atomic E-state index is 0.0822. The van der Waals surface area contributed by atoms with E-state index in [4.69, 9.17) is 0 Å². The summed E-state index contributed by atoms with van der Waals surface area (Å²) in [6, 6.07) is 18.6. The van der Waals surface area contributed by atoms with Crippen LogP contribution in [0.1, 0.15) is 27.0 Å². The standard InChI is InChI=1S/C21H15N3O2S/c1-13(25)19-18(14-7-3-2-4-8-14)23-21(27-19)24-20(26)16-11-12-22-17-10-6-5-9-15(16)17/h2-12H,1H3,(H,23,24,26). The van der Waals surface area contributed by atoms with Crippen molar-refractivity contribution in [1.29, 1.82) is 0 Å². The van der Waals surface area contributed by atoms with Gasteiger partial charge >= 0.3 is 0 Å². The SMILES string of the molecule is CC(=O)c1sc(NC(=O)c2ccnc3ccccc23)nc1-c1ccccc1. The molecule has 1 N–H and O–H groups in total. The van der Waals surface area contributed by atoms with Crippen LogP contribution in [0.4, 0.5) is 5.13 Å². The molecule has 0 aliphatic rings. The number of carbonyl (C=O) groups is 2. The number of pyridine rings is 1. The molecular weight excluding hydrogens is 358 g/mol. The van der Waals surface area contributed by atoms with Crippen LogP contribution in [0.2, 0.25) is 0 Å². The maximum Gasteiger partial charge on any atom is 0.258 e. The van der Waals surface area contributed by atoms with E-state index in [1.165, 1.54) is 18.3 Å². The number of amides is 1. The van der Waals surface area contributed by atoms with Crippen molar-refractivity contribution in [3.8, 4) is 11.3 Å².